The Kier molecular flexibility index (Phi) is 4.81. The number of thiazole rings is 1. The molecule has 6 nitrogen and oxygen atoms in total. The predicted octanol–water partition coefficient (Wildman–Crippen LogP) is 3.64. The molecule has 0 aromatic carbocycles. The molecule has 122 valence electrons. The second-order valence-electron chi connectivity index (χ2n) is 5.27. The van der Waals surface area contributed by atoms with Gasteiger partial charge in [-0.15, -0.1) is 0 Å². The van der Waals surface area contributed by atoms with Crippen LogP contribution in [-0.4, -0.2) is 27.0 Å². The van der Waals surface area contributed by atoms with Gasteiger partial charge in [-0.05, 0) is 32.0 Å². The Morgan fingerprint density at radius 1 is 1.21 bits per heavy atom. The van der Waals surface area contributed by atoms with Crippen LogP contribution >= 0.6 is 11.3 Å². The lowest BCUT2D eigenvalue weighted by Crippen LogP contribution is -2.13. The van der Waals surface area contributed by atoms with Crippen LogP contribution in [0.5, 0.6) is 5.75 Å². The van der Waals surface area contributed by atoms with E-state index in [4.69, 9.17) is 4.74 Å². The molecule has 3 heterocycles. The molecule has 0 saturated heterocycles. The number of hydrogen-bond donors (Lipinski definition) is 1. The third-order valence-corrected chi connectivity index (χ3v) is 3.93. The summed E-state index contributed by atoms with van der Waals surface area (Å²) in [4.78, 5) is 25.8. The molecule has 0 aliphatic heterocycles. The van der Waals surface area contributed by atoms with Gasteiger partial charge in [-0.2, -0.15) is 0 Å². The number of aromatic nitrogens is 3. The van der Waals surface area contributed by atoms with Gasteiger partial charge in [0.1, 0.15) is 5.75 Å². The Bertz CT molecular complexity index is 833. The third kappa shape index (κ3) is 3.94. The summed E-state index contributed by atoms with van der Waals surface area (Å²) in [6.45, 7) is 3.84. The van der Waals surface area contributed by atoms with Crippen molar-refractivity contribution in [2.24, 2.45) is 0 Å². The molecule has 0 atom stereocenters. The van der Waals surface area contributed by atoms with E-state index in [1.807, 2.05) is 32.0 Å². The Morgan fingerprint density at radius 3 is 2.83 bits per heavy atom. The smallest absolute Gasteiger partial charge is 0.259 e. The molecule has 1 N–H and O–H groups in total. The number of nitrogens with zero attached hydrogens (tertiary/aromatic N) is 3. The molecule has 0 aliphatic rings. The maximum absolute atomic E-state index is 12.3. The van der Waals surface area contributed by atoms with Gasteiger partial charge >= 0.3 is 0 Å². The summed E-state index contributed by atoms with van der Waals surface area (Å²) in [5, 5.41) is 3.28. The topological polar surface area (TPSA) is 77.0 Å². The van der Waals surface area contributed by atoms with E-state index in [-0.39, 0.29) is 12.0 Å². The lowest BCUT2D eigenvalue weighted by atomic mass is 10.2. The summed E-state index contributed by atoms with van der Waals surface area (Å²) in [5.41, 5.74) is 1.24. The summed E-state index contributed by atoms with van der Waals surface area (Å²) in [6.07, 6.45) is 6.51. The van der Waals surface area contributed by atoms with Crippen molar-refractivity contribution in [2.45, 2.75) is 20.0 Å². The van der Waals surface area contributed by atoms with Crippen LogP contribution in [-0.2, 0) is 0 Å². The fraction of sp³-hybridized carbons (Fsp3) is 0.176. The number of nitrogens with one attached hydrogen (secondary N) is 1. The minimum absolute atomic E-state index is 0.0185. The van der Waals surface area contributed by atoms with Gasteiger partial charge in [0.15, 0.2) is 5.13 Å². The summed E-state index contributed by atoms with van der Waals surface area (Å²) >= 11 is 1.37. The zero-order chi connectivity index (χ0) is 16.9. The van der Waals surface area contributed by atoms with E-state index in [2.05, 4.69) is 20.3 Å². The van der Waals surface area contributed by atoms with E-state index < -0.39 is 0 Å². The molecule has 0 bridgehead atoms. The predicted molar refractivity (Wildman–Crippen MR) is 93.3 cm³/mol. The van der Waals surface area contributed by atoms with E-state index in [1.165, 1.54) is 17.5 Å². The molecule has 0 spiro atoms. The quantitative estimate of drug-likeness (QED) is 0.767. The number of anilines is 1. The largest absolute Gasteiger partial charge is 0.489 e. The minimum Gasteiger partial charge on any atom is -0.489 e. The van der Waals surface area contributed by atoms with Crippen molar-refractivity contribution in [1.82, 2.24) is 15.0 Å². The van der Waals surface area contributed by atoms with Crippen LogP contribution in [0.15, 0.2) is 49.1 Å². The van der Waals surface area contributed by atoms with E-state index in [0.717, 1.165) is 10.6 Å². The maximum atomic E-state index is 12.3. The molecule has 0 fully saturated rings. The highest BCUT2D eigenvalue weighted by atomic mass is 32.1. The Labute approximate surface area is 143 Å². The van der Waals surface area contributed by atoms with Crippen LogP contribution in [0.3, 0.4) is 0 Å². The second-order valence-corrected chi connectivity index (χ2v) is 6.31. The zero-order valence-electron chi connectivity index (χ0n) is 13.3. The highest BCUT2D eigenvalue weighted by molar-refractivity contribution is 7.19. The van der Waals surface area contributed by atoms with Crippen molar-refractivity contribution < 1.29 is 9.53 Å². The Balaban J connectivity index is 1.72. The molecule has 0 aliphatic carbocycles. The number of amides is 1. The van der Waals surface area contributed by atoms with Gasteiger partial charge < -0.3 is 4.74 Å². The highest BCUT2D eigenvalue weighted by Crippen LogP contribution is 2.27. The van der Waals surface area contributed by atoms with Gasteiger partial charge in [-0.1, -0.05) is 17.4 Å². The van der Waals surface area contributed by atoms with E-state index in [0.29, 0.717) is 16.4 Å². The van der Waals surface area contributed by atoms with Crippen LogP contribution in [0.4, 0.5) is 5.13 Å². The van der Waals surface area contributed by atoms with Gasteiger partial charge in [-0.25, -0.2) is 4.98 Å². The molecule has 3 aromatic rings. The van der Waals surface area contributed by atoms with Gasteiger partial charge in [0.2, 0.25) is 0 Å². The highest BCUT2D eigenvalue weighted by Gasteiger charge is 2.12. The van der Waals surface area contributed by atoms with Crippen molar-refractivity contribution in [3.8, 4) is 16.3 Å². The van der Waals surface area contributed by atoms with E-state index in [1.54, 1.807) is 24.7 Å². The van der Waals surface area contributed by atoms with Crippen molar-refractivity contribution in [3.05, 3.63) is 54.6 Å². The first-order valence-corrected chi connectivity index (χ1v) is 8.24. The molecule has 3 aromatic heterocycles. The molecule has 0 radical (unpaired) electrons. The lowest BCUT2D eigenvalue weighted by molar-refractivity contribution is 0.102. The first-order valence-electron chi connectivity index (χ1n) is 7.42. The number of ether oxygens (including phenoxy) is 1. The van der Waals surface area contributed by atoms with Crippen LogP contribution in [0, 0.1) is 0 Å². The van der Waals surface area contributed by atoms with Crippen LogP contribution < -0.4 is 10.1 Å². The van der Waals surface area contributed by atoms with Crippen LogP contribution in [0.2, 0.25) is 0 Å². The molecule has 1 amide bonds. The molecule has 0 saturated carbocycles. The van der Waals surface area contributed by atoms with Crippen molar-refractivity contribution >= 4 is 22.4 Å². The molecular formula is C17H16N4O2S. The first kappa shape index (κ1) is 16.1. The number of hydrogen-bond acceptors (Lipinski definition) is 6. The number of carbonyl (C=O) groups is 1. The molecule has 24 heavy (non-hydrogen) atoms. The monoisotopic (exact) mass is 340 g/mol. The number of carbonyl (C=O) groups excluding carboxylic acids is 1. The SMILES string of the molecule is CC(C)Oc1cncc(C(=O)Nc2ncc(-c3ccccn3)s2)c1. The van der Waals surface area contributed by atoms with Crippen molar-refractivity contribution in [2.75, 3.05) is 5.32 Å². The fourth-order valence-electron chi connectivity index (χ4n) is 2.01. The molecular weight excluding hydrogens is 324 g/mol. The van der Waals surface area contributed by atoms with Crippen LogP contribution in [0.1, 0.15) is 24.2 Å². The van der Waals surface area contributed by atoms with Crippen molar-refractivity contribution in [1.29, 1.82) is 0 Å². The standard InChI is InChI=1S/C17H16N4O2S/c1-11(2)23-13-7-12(8-18-9-13)16(22)21-17-20-10-15(24-17)14-5-3-4-6-19-14/h3-11H,1-2H3,(H,20,21,22). The Hall–Kier alpha value is -2.80. The molecule has 0 unspecified atom stereocenters. The summed E-state index contributed by atoms with van der Waals surface area (Å²) in [6, 6.07) is 7.32. The minimum atomic E-state index is -0.279. The van der Waals surface area contributed by atoms with Gasteiger partial charge in [-0.3, -0.25) is 20.1 Å². The second kappa shape index (κ2) is 7.18. The normalized spacial score (nSPS) is 10.6. The van der Waals surface area contributed by atoms with Gasteiger partial charge in [0.25, 0.3) is 5.91 Å². The summed E-state index contributed by atoms with van der Waals surface area (Å²) < 4.78 is 5.55. The number of rotatable bonds is 5. The maximum Gasteiger partial charge on any atom is 0.259 e. The van der Waals surface area contributed by atoms with E-state index >= 15 is 0 Å². The average Bonchev–Trinajstić information content (AvgIpc) is 3.04. The summed E-state index contributed by atoms with van der Waals surface area (Å²) in [5.74, 6) is 0.282. The van der Waals surface area contributed by atoms with Crippen molar-refractivity contribution in [3.63, 3.8) is 0 Å². The van der Waals surface area contributed by atoms with Gasteiger partial charge in [0.05, 0.1) is 28.4 Å². The molecule has 7 heteroatoms. The Morgan fingerprint density at radius 2 is 2.08 bits per heavy atom. The van der Waals surface area contributed by atoms with Crippen LogP contribution in [0.25, 0.3) is 10.6 Å². The third-order valence-electron chi connectivity index (χ3n) is 2.99. The fourth-order valence-corrected chi connectivity index (χ4v) is 2.80. The summed E-state index contributed by atoms with van der Waals surface area (Å²) in [7, 11) is 0. The average molecular weight is 340 g/mol. The zero-order valence-corrected chi connectivity index (χ0v) is 14.1. The van der Waals surface area contributed by atoms with E-state index in [9.17, 15) is 4.79 Å². The first-order chi connectivity index (χ1) is 11.6. The number of pyridine rings is 2. The molecule has 3 rings (SSSR count). The lowest BCUT2D eigenvalue weighted by Gasteiger charge is -2.09. The van der Waals surface area contributed by atoms with Gasteiger partial charge in [0, 0.05) is 18.6 Å².